The lowest BCUT2D eigenvalue weighted by atomic mass is 10.1. The number of nitrogens with one attached hydrogen (secondary N) is 1. The number of morpholine rings is 1. The lowest BCUT2D eigenvalue weighted by Gasteiger charge is -2.30. The summed E-state index contributed by atoms with van der Waals surface area (Å²) in [5.41, 5.74) is 2.89. The Labute approximate surface area is 163 Å². The summed E-state index contributed by atoms with van der Waals surface area (Å²) in [5.74, 6) is -0.333. The van der Waals surface area contributed by atoms with Gasteiger partial charge in [0.05, 0.1) is 29.4 Å². The van der Waals surface area contributed by atoms with Gasteiger partial charge in [-0.3, -0.25) is 14.9 Å². The van der Waals surface area contributed by atoms with Crippen molar-refractivity contribution in [2.45, 2.75) is 6.54 Å². The van der Waals surface area contributed by atoms with Gasteiger partial charge in [-0.2, -0.15) is 0 Å². The third kappa shape index (κ3) is 4.58. The minimum atomic E-state index is -0.486. The zero-order chi connectivity index (χ0) is 20.1. The van der Waals surface area contributed by atoms with Crippen molar-refractivity contribution in [1.29, 1.82) is 0 Å². The summed E-state index contributed by atoms with van der Waals surface area (Å²) in [4.78, 5) is 27.6. The number of carbonyl (C=O) groups excluding carboxylic acids is 1. The summed E-state index contributed by atoms with van der Waals surface area (Å²) in [7, 11) is 3.91. The van der Waals surface area contributed by atoms with Gasteiger partial charge in [0.15, 0.2) is 0 Å². The lowest BCUT2D eigenvalue weighted by Crippen LogP contribution is -2.38. The molecule has 3 rings (SSSR count). The van der Waals surface area contributed by atoms with Crippen LogP contribution < -0.4 is 15.1 Å². The van der Waals surface area contributed by atoms with Crippen LogP contribution in [0.25, 0.3) is 0 Å². The topological polar surface area (TPSA) is 88.0 Å². The Morgan fingerprint density at radius 2 is 1.96 bits per heavy atom. The number of amides is 1. The van der Waals surface area contributed by atoms with Crippen LogP contribution in [0.2, 0.25) is 0 Å². The molecule has 1 N–H and O–H groups in total. The number of nitrogens with zero attached hydrogens (tertiary/aromatic N) is 3. The number of hydrogen-bond donors (Lipinski definition) is 1. The van der Waals surface area contributed by atoms with Gasteiger partial charge in [0.2, 0.25) is 0 Å². The van der Waals surface area contributed by atoms with Crippen LogP contribution in [0.15, 0.2) is 42.5 Å². The number of hydrogen-bond acceptors (Lipinski definition) is 6. The van der Waals surface area contributed by atoms with E-state index in [-0.39, 0.29) is 11.6 Å². The van der Waals surface area contributed by atoms with E-state index in [4.69, 9.17) is 4.74 Å². The van der Waals surface area contributed by atoms with Crippen LogP contribution in [0.5, 0.6) is 0 Å². The van der Waals surface area contributed by atoms with Gasteiger partial charge in [-0.15, -0.1) is 0 Å². The maximum atomic E-state index is 12.9. The molecule has 1 heterocycles. The van der Waals surface area contributed by atoms with Crippen molar-refractivity contribution in [3.8, 4) is 0 Å². The predicted molar refractivity (Wildman–Crippen MR) is 108 cm³/mol. The largest absolute Gasteiger partial charge is 0.378 e. The molecule has 1 fully saturated rings. The molecule has 0 radical (unpaired) electrons. The fourth-order valence-corrected chi connectivity index (χ4v) is 3.12. The van der Waals surface area contributed by atoms with Crippen LogP contribution in [-0.4, -0.2) is 51.2 Å². The van der Waals surface area contributed by atoms with Crippen LogP contribution in [-0.2, 0) is 11.3 Å². The molecule has 1 aliphatic rings. The van der Waals surface area contributed by atoms with Crippen LogP contribution in [0, 0.1) is 10.1 Å². The standard InChI is InChI=1S/C20H24N4O4/c1-22(2)16-5-3-4-15(12-16)14-21-20(25)18-13-17(24(26)27)6-7-19(18)23-8-10-28-11-9-23/h3-7,12-13H,8-11,14H2,1-2H3,(H,21,25). The maximum absolute atomic E-state index is 12.9. The molecule has 0 bridgehead atoms. The summed E-state index contributed by atoms with van der Waals surface area (Å²) in [6, 6.07) is 12.3. The summed E-state index contributed by atoms with van der Waals surface area (Å²) >= 11 is 0. The number of anilines is 2. The zero-order valence-corrected chi connectivity index (χ0v) is 16.1. The first kappa shape index (κ1) is 19.6. The van der Waals surface area contributed by atoms with Gasteiger partial charge < -0.3 is 19.9 Å². The number of rotatable bonds is 6. The Balaban J connectivity index is 1.81. The van der Waals surface area contributed by atoms with E-state index in [0.717, 1.165) is 11.3 Å². The molecule has 1 aliphatic heterocycles. The Morgan fingerprint density at radius 1 is 1.21 bits per heavy atom. The molecule has 1 saturated heterocycles. The van der Waals surface area contributed by atoms with Gasteiger partial charge in [-0.05, 0) is 23.8 Å². The van der Waals surface area contributed by atoms with E-state index in [1.54, 1.807) is 6.07 Å². The summed E-state index contributed by atoms with van der Waals surface area (Å²) < 4.78 is 5.36. The van der Waals surface area contributed by atoms with E-state index in [1.165, 1.54) is 12.1 Å². The van der Waals surface area contributed by atoms with Crippen molar-refractivity contribution in [3.05, 3.63) is 63.7 Å². The number of nitro groups is 1. The summed E-state index contributed by atoms with van der Waals surface area (Å²) in [6.45, 7) is 2.75. The number of nitro benzene ring substituents is 1. The van der Waals surface area contributed by atoms with Gasteiger partial charge in [-0.25, -0.2) is 0 Å². The van der Waals surface area contributed by atoms with E-state index in [2.05, 4.69) is 5.32 Å². The molecule has 0 aromatic heterocycles. The third-order valence-corrected chi connectivity index (χ3v) is 4.67. The first-order valence-electron chi connectivity index (χ1n) is 9.11. The Morgan fingerprint density at radius 3 is 2.64 bits per heavy atom. The minimum Gasteiger partial charge on any atom is -0.378 e. The quantitative estimate of drug-likeness (QED) is 0.608. The van der Waals surface area contributed by atoms with Crippen molar-refractivity contribution in [1.82, 2.24) is 5.32 Å². The molecule has 2 aromatic rings. The molecule has 0 unspecified atom stereocenters. The summed E-state index contributed by atoms with van der Waals surface area (Å²) in [5, 5.41) is 14.1. The first-order chi connectivity index (χ1) is 13.5. The molecular weight excluding hydrogens is 360 g/mol. The second kappa shape index (κ2) is 8.71. The van der Waals surface area contributed by atoms with Crippen LogP contribution in [0.1, 0.15) is 15.9 Å². The average Bonchev–Trinajstić information content (AvgIpc) is 2.72. The van der Waals surface area contributed by atoms with Gasteiger partial charge in [0.25, 0.3) is 11.6 Å². The molecule has 28 heavy (non-hydrogen) atoms. The van der Waals surface area contributed by atoms with Crippen molar-refractivity contribution >= 4 is 23.0 Å². The third-order valence-electron chi connectivity index (χ3n) is 4.67. The van der Waals surface area contributed by atoms with Gasteiger partial charge in [0, 0.05) is 51.5 Å². The lowest BCUT2D eigenvalue weighted by molar-refractivity contribution is -0.384. The molecule has 0 atom stereocenters. The molecule has 8 heteroatoms. The van der Waals surface area contributed by atoms with Crippen molar-refractivity contribution < 1.29 is 14.5 Å². The van der Waals surface area contributed by atoms with Gasteiger partial charge in [-0.1, -0.05) is 12.1 Å². The highest BCUT2D eigenvalue weighted by Gasteiger charge is 2.22. The molecule has 8 nitrogen and oxygen atoms in total. The highest BCUT2D eigenvalue weighted by atomic mass is 16.6. The van der Waals surface area contributed by atoms with E-state index < -0.39 is 4.92 Å². The second-order valence-corrected chi connectivity index (χ2v) is 6.80. The van der Waals surface area contributed by atoms with Crippen LogP contribution in [0.3, 0.4) is 0 Å². The number of carbonyl (C=O) groups is 1. The summed E-state index contributed by atoms with van der Waals surface area (Å²) in [6.07, 6.45) is 0. The second-order valence-electron chi connectivity index (χ2n) is 6.80. The highest BCUT2D eigenvalue weighted by Crippen LogP contribution is 2.26. The number of benzene rings is 2. The Kier molecular flexibility index (Phi) is 6.10. The van der Waals surface area contributed by atoms with E-state index >= 15 is 0 Å². The predicted octanol–water partition coefficient (Wildman–Crippen LogP) is 2.43. The van der Waals surface area contributed by atoms with E-state index in [1.807, 2.05) is 48.2 Å². The number of non-ortho nitro benzene ring substituents is 1. The molecule has 0 saturated carbocycles. The first-order valence-corrected chi connectivity index (χ1v) is 9.11. The van der Waals surface area contributed by atoms with E-state index in [0.29, 0.717) is 44.1 Å². The molecule has 0 aliphatic carbocycles. The molecular formula is C20H24N4O4. The fraction of sp³-hybridized carbons (Fsp3) is 0.350. The maximum Gasteiger partial charge on any atom is 0.270 e. The normalized spacial score (nSPS) is 13.9. The van der Waals surface area contributed by atoms with E-state index in [9.17, 15) is 14.9 Å². The molecule has 1 amide bonds. The molecule has 2 aromatic carbocycles. The smallest absolute Gasteiger partial charge is 0.270 e. The van der Waals surface area contributed by atoms with Crippen LogP contribution >= 0.6 is 0 Å². The van der Waals surface area contributed by atoms with Crippen LogP contribution in [0.4, 0.5) is 17.1 Å². The Bertz CT molecular complexity index is 863. The monoisotopic (exact) mass is 384 g/mol. The van der Waals surface area contributed by atoms with Gasteiger partial charge in [0.1, 0.15) is 0 Å². The molecule has 148 valence electrons. The SMILES string of the molecule is CN(C)c1cccc(CNC(=O)c2cc([N+](=O)[O-])ccc2N2CCOCC2)c1. The zero-order valence-electron chi connectivity index (χ0n) is 16.1. The highest BCUT2D eigenvalue weighted by molar-refractivity contribution is 6.00. The number of ether oxygens (including phenoxy) is 1. The fourth-order valence-electron chi connectivity index (χ4n) is 3.12. The van der Waals surface area contributed by atoms with Crippen molar-refractivity contribution in [2.24, 2.45) is 0 Å². The van der Waals surface area contributed by atoms with Gasteiger partial charge >= 0.3 is 0 Å². The Hall–Kier alpha value is -3.13. The van der Waals surface area contributed by atoms with Crippen molar-refractivity contribution in [3.63, 3.8) is 0 Å². The average molecular weight is 384 g/mol. The minimum absolute atomic E-state index is 0.100. The molecule has 0 spiro atoms. The van der Waals surface area contributed by atoms with Crippen molar-refractivity contribution in [2.75, 3.05) is 50.2 Å².